The van der Waals surface area contributed by atoms with E-state index in [4.69, 9.17) is 4.74 Å². The minimum atomic E-state index is -0.213. The molecule has 1 N–H and O–H groups in total. The quantitative estimate of drug-likeness (QED) is 0.560. The molecule has 1 atom stereocenters. The Morgan fingerprint density at radius 1 is 1.19 bits per heavy atom. The molecule has 0 aliphatic heterocycles. The maximum absolute atomic E-state index is 12.7. The van der Waals surface area contributed by atoms with Crippen LogP contribution in [-0.2, 0) is 4.79 Å². The number of amides is 1. The third kappa shape index (κ3) is 4.45. The van der Waals surface area contributed by atoms with Crippen molar-refractivity contribution in [1.29, 1.82) is 0 Å². The Bertz CT molecular complexity index is 865. The molecule has 1 aromatic heterocycles. The predicted molar refractivity (Wildman–Crippen MR) is 109 cm³/mol. The number of para-hydroxylation sites is 1. The van der Waals surface area contributed by atoms with Crippen LogP contribution in [0.15, 0.2) is 64.9 Å². The summed E-state index contributed by atoms with van der Waals surface area (Å²) < 4.78 is 5.38. The molecule has 3 aromatic rings. The first kappa shape index (κ1) is 18.5. The van der Waals surface area contributed by atoms with Gasteiger partial charge in [0.1, 0.15) is 5.75 Å². The highest BCUT2D eigenvalue weighted by molar-refractivity contribution is 8.00. The van der Waals surface area contributed by atoms with Crippen LogP contribution in [0.4, 0.5) is 5.13 Å². The summed E-state index contributed by atoms with van der Waals surface area (Å²) >= 11 is 2.95. The van der Waals surface area contributed by atoms with Gasteiger partial charge < -0.3 is 10.1 Å². The summed E-state index contributed by atoms with van der Waals surface area (Å²) in [7, 11) is 1.64. The molecule has 0 radical (unpaired) electrons. The second-order valence-electron chi connectivity index (χ2n) is 5.56. The number of methoxy groups -OCH3 is 1. The van der Waals surface area contributed by atoms with Crippen molar-refractivity contribution in [3.8, 4) is 17.0 Å². The summed E-state index contributed by atoms with van der Waals surface area (Å²) in [4.78, 5) is 18.2. The molecule has 0 bridgehead atoms. The number of rotatable bonds is 7. The van der Waals surface area contributed by atoms with Gasteiger partial charge in [0.15, 0.2) is 5.13 Å². The number of thioether (sulfide) groups is 1. The molecule has 1 unspecified atom stereocenters. The average Bonchev–Trinajstić information content (AvgIpc) is 3.15. The molecule has 0 saturated carbocycles. The Morgan fingerprint density at radius 2 is 1.92 bits per heavy atom. The number of carbonyl (C=O) groups excluding carboxylic acids is 1. The highest BCUT2D eigenvalue weighted by Crippen LogP contribution is 2.34. The molecular formula is C20H20N2O2S2. The van der Waals surface area contributed by atoms with E-state index in [1.807, 2.05) is 66.9 Å². The van der Waals surface area contributed by atoms with Crippen LogP contribution < -0.4 is 10.1 Å². The first-order valence-electron chi connectivity index (χ1n) is 8.32. The summed E-state index contributed by atoms with van der Waals surface area (Å²) in [5, 5.41) is 5.31. The first-order chi connectivity index (χ1) is 12.7. The normalized spacial score (nSPS) is 11.8. The van der Waals surface area contributed by atoms with E-state index in [9.17, 15) is 4.79 Å². The van der Waals surface area contributed by atoms with Crippen LogP contribution in [0.3, 0.4) is 0 Å². The number of aromatic nitrogens is 1. The number of hydrogen-bond acceptors (Lipinski definition) is 5. The summed E-state index contributed by atoms with van der Waals surface area (Å²) in [5.74, 6) is 0.738. The second kappa shape index (κ2) is 8.87. The number of carbonyl (C=O) groups is 1. The van der Waals surface area contributed by atoms with Crippen LogP contribution >= 0.6 is 23.1 Å². The van der Waals surface area contributed by atoms with Crippen molar-refractivity contribution in [3.05, 3.63) is 60.0 Å². The molecule has 0 aliphatic rings. The fraction of sp³-hybridized carbons (Fsp3) is 0.200. The van der Waals surface area contributed by atoms with E-state index in [0.717, 1.165) is 21.9 Å². The molecule has 0 aliphatic carbocycles. The number of nitrogens with one attached hydrogen (secondary N) is 1. The van der Waals surface area contributed by atoms with Gasteiger partial charge in [-0.15, -0.1) is 23.1 Å². The van der Waals surface area contributed by atoms with Crippen LogP contribution in [0.25, 0.3) is 11.3 Å². The highest BCUT2D eigenvalue weighted by atomic mass is 32.2. The summed E-state index contributed by atoms with van der Waals surface area (Å²) in [6.07, 6.45) is 0.714. The van der Waals surface area contributed by atoms with Crippen molar-refractivity contribution in [2.45, 2.75) is 23.5 Å². The van der Waals surface area contributed by atoms with Gasteiger partial charge in [-0.2, -0.15) is 0 Å². The first-order valence-corrected chi connectivity index (χ1v) is 10.1. The van der Waals surface area contributed by atoms with Gasteiger partial charge in [0.2, 0.25) is 5.91 Å². The Kier molecular flexibility index (Phi) is 6.30. The van der Waals surface area contributed by atoms with Gasteiger partial charge in [-0.25, -0.2) is 4.98 Å². The van der Waals surface area contributed by atoms with Crippen molar-refractivity contribution in [2.75, 3.05) is 12.4 Å². The molecule has 3 rings (SSSR count). The Balaban J connectivity index is 1.69. The van der Waals surface area contributed by atoms with E-state index < -0.39 is 0 Å². The molecule has 2 aromatic carbocycles. The number of nitrogens with zero attached hydrogens (tertiary/aromatic N) is 1. The van der Waals surface area contributed by atoms with Crippen LogP contribution in [0.1, 0.15) is 13.3 Å². The van der Waals surface area contributed by atoms with E-state index in [-0.39, 0.29) is 11.2 Å². The van der Waals surface area contributed by atoms with Gasteiger partial charge in [0.05, 0.1) is 22.9 Å². The third-order valence-electron chi connectivity index (χ3n) is 3.81. The van der Waals surface area contributed by atoms with Gasteiger partial charge in [0, 0.05) is 10.9 Å². The topological polar surface area (TPSA) is 51.2 Å². The van der Waals surface area contributed by atoms with Gasteiger partial charge in [0.25, 0.3) is 0 Å². The molecule has 6 heteroatoms. The average molecular weight is 385 g/mol. The zero-order valence-corrected chi connectivity index (χ0v) is 16.3. The number of anilines is 1. The summed E-state index contributed by atoms with van der Waals surface area (Å²) in [6, 6.07) is 17.7. The van der Waals surface area contributed by atoms with Gasteiger partial charge in [-0.1, -0.05) is 49.4 Å². The lowest BCUT2D eigenvalue weighted by Gasteiger charge is -2.15. The monoisotopic (exact) mass is 384 g/mol. The fourth-order valence-corrected chi connectivity index (χ4v) is 4.24. The predicted octanol–water partition coefficient (Wildman–Crippen LogP) is 5.33. The maximum Gasteiger partial charge on any atom is 0.239 e. The number of benzene rings is 2. The lowest BCUT2D eigenvalue weighted by Crippen LogP contribution is -2.24. The molecule has 134 valence electrons. The lowest BCUT2D eigenvalue weighted by molar-refractivity contribution is -0.115. The van der Waals surface area contributed by atoms with Gasteiger partial charge in [-0.05, 0) is 18.6 Å². The van der Waals surface area contributed by atoms with Crippen molar-refractivity contribution in [1.82, 2.24) is 4.98 Å². The van der Waals surface area contributed by atoms with E-state index >= 15 is 0 Å². The minimum Gasteiger partial charge on any atom is -0.496 e. The largest absolute Gasteiger partial charge is 0.496 e. The molecule has 1 heterocycles. The number of thiazole rings is 1. The SMILES string of the molecule is CCC(Sc1ccccc1OC)C(=O)Nc1nc(-c2ccccc2)cs1. The molecule has 0 fully saturated rings. The molecule has 1 amide bonds. The summed E-state index contributed by atoms with van der Waals surface area (Å²) in [6.45, 7) is 2.00. The van der Waals surface area contributed by atoms with E-state index in [1.165, 1.54) is 23.1 Å². The maximum atomic E-state index is 12.7. The highest BCUT2D eigenvalue weighted by Gasteiger charge is 2.21. The Labute approximate surface area is 161 Å². The van der Waals surface area contributed by atoms with Gasteiger partial charge in [-0.3, -0.25) is 4.79 Å². The smallest absolute Gasteiger partial charge is 0.239 e. The standard InChI is InChI=1S/C20H20N2O2S2/c1-3-17(26-18-12-8-7-11-16(18)24-2)19(23)22-20-21-15(13-25-20)14-9-5-4-6-10-14/h4-13,17H,3H2,1-2H3,(H,21,22,23). The Hall–Kier alpha value is -2.31. The minimum absolute atomic E-state index is 0.0441. The third-order valence-corrected chi connectivity index (χ3v) is 5.99. The van der Waals surface area contributed by atoms with Crippen molar-refractivity contribution in [2.24, 2.45) is 0 Å². The van der Waals surface area contributed by atoms with Crippen molar-refractivity contribution in [3.63, 3.8) is 0 Å². The van der Waals surface area contributed by atoms with Crippen molar-refractivity contribution >= 4 is 34.1 Å². The Morgan fingerprint density at radius 3 is 2.65 bits per heavy atom. The van der Waals surface area contributed by atoms with Crippen LogP contribution in [0.2, 0.25) is 0 Å². The fourth-order valence-electron chi connectivity index (χ4n) is 2.45. The van der Waals surface area contributed by atoms with Gasteiger partial charge >= 0.3 is 0 Å². The molecular weight excluding hydrogens is 364 g/mol. The molecule has 26 heavy (non-hydrogen) atoms. The zero-order chi connectivity index (χ0) is 18.4. The number of ether oxygens (including phenoxy) is 1. The van der Waals surface area contributed by atoms with E-state index in [1.54, 1.807) is 7.11 Å². The number of hydrogen-bond donors (Lipinski definition) is 1. The van der Waals surface area contributed by atoms with Crippen LogP contribution in [-0.4, -0.2) is 23.3 Å². The van der Waals surface area contributed by atoms with E-state index in [0.29, 0.717) is 11.6 Å². The molecule has 4 nitrogen and oxygen atoms in total. The second-order valence-corrected chi connectivity index (χ2v) is 7.66. The van der Waals surface area contributed by atoms with Crippen LogP contribution in [0.5, 0.6) is 5.75 Å². The lowest BCUT2D eigenvalue weighted by atomic mass is 10.2. The summed E-state index contributed by atoms with van der Waals surface area (Å²) in [5.41, 5.74) is 1.91. The molecule has 0 spiro atoms. The van der Waals surface area contributed by atoms with Crippen LogP contribution in [0, 0.1) is 0 Å². The van der Waals surface area contributed by atoms with Crippen molar-refractivity contribution < 1.29 is 9.53 Å². The van der Waals surface area contributed by atoms with E-state index in [2.05, 4.69) is 10.3 Å². The zero-order valence-electron chi connectivity index (χ0n) is 14.6. The molecule has 0 saturated heterocycles.